The van der Waals surface area contributed by atoms with Crippen LogP contribution in [0.25, 0.3) is 0 Å². The molecule has 0 bridgehead atoms. The molecule has 3 N–H and O–H groups in total. The molecule has 0 amide bonds. The van der Waals surface area contributed by atoms with Gasteiger partial charge in [-0.25, -0.2) is 4.99 Å². The highest BCUT2D eigenvalue weighted by Crippen LogP contribution is 2.18. The predicted octanol–water partition coefficient (Wildman–Crippen LogP) is 2.05. The van der Waals surface area contributed by atoms with E-state index >= 15 is 0 Å². The first-order chi connectivity index (χ1) is 10.7. The molecule has 116 valence electrons. The van der Waals surface area contributed by atoms with Gasteiger partial charge in [-0.05, 0) is 36.2 Å². The fourth-order valence-corrected chi connectivity index (χ4v) is 2.14. The van der Waals surface area contributed by atoms with Crippen LogP contribution in [0.3, 0.4) is 0 Å². The summed E-state index contributed by atoms with van der Waals surface area (Å²) in [5.74, 6) is 1.33. The van der Waals surface area contributed by atoms with E-state index in [4.69, 9.17) is 10.5 Å². The monoisotopic (exact) mass is 298 g/mol. The van der Waals surface area contributed by atoms with Gasteiger partial charge in [-0.2, -0.15) is 0 Å². The Labute approximate surface area is 131 Å². The standard InChI is InChI=1S/C17H22N4O/c1-13-11-14(6-7-16(13)22-2)12-21-17(18)20-10-8-15-5-3-4-9-19-15/h3-7,9,11H,8,10,12H2,1-2H3,(H3,18,20,21). The van der Waals surface area contributed by atoms with E-state index in [-0.39, 0.29) is 0 Å². The van der Waals surface area contributed by atoms with Crippen molar-refractivity contribution in [3.63, 3.8) is 0 Å². The molecule has 0 radical (unpaired) electrons. The number of pyridine rings is 1. The van der Waals surface area contributed by atoms with E-state index in [9.17, 15) is 0 Å². The third-order valence-electron chi connectivity index (χ3n) is 3.30. The van der Waals surface area contributed by atoms with Gasteiger partial charge in [0.25, 0.3) is 0 Å². The Balaban J connectivity index is 1.81. The molecule has 1 aromatic carbocycles. The number of guanidine groups is 1. The lowest BCUT2D eigenvalue weighted by Gasteiger charge is -2.07. The molecule has 5 heteroatoms. The minimum Gasteiger partial charge on any atom is -0.496 e. The second-order valence-corrected chi connectivity index (χ2v) is 5.00. The van der Waals surface area contributed by atoms with Crippen molar-refractivity contribution < 1.29 is 4.74 Å². The third kappa shape index (κ3) is 4.77. The average molecular weight is 298 g/mol. The molecule has 0 saturated carbocycles. The third-order valence-corrected chi connectivity index (χ3v) is 3.30. The van der Waals surface area contributed by atoms with Gasteiger partial charge in [0.1, 0.15) is 5.75 Å². The van der Waals surface area contributed by atoms with Gasteiger partial charge in [0.15, 0.2) is 5.96 Å². The van der Waals surface area contributed by atoms with Gasteiger partial charge in [0.2, 0.25) is 0 Å². The number of aryl methyl sites for hydroxylation is 1. The van der Waals surface area contributed by atoms with Gasteiger partial charge < -0.3 is 15.8 Å². The zero-order chi connectivity index (χ0) is 15.8. The Bertz CT molecular complexity index is 626. The Morgan fingerprint density at radius 3 is 2.86 bits per heavy atom. The molecule has 1 aromatic heterocycles. The van der Waals surface area contributed by atoms with E-state index in [2.05, 4.69) is 21.4 Å². The van der Waals surface area contributed by atoms with Crippen LogP contribution in [0.15, 0.2) is 47.6 Å². The first-order valence-electron chi connectivity index (χ1n) is 7.26. The highest BCUT2D eigenvalue weighted by molar-refractivity contribution is 5.77. The van der Waals surface area contributed by atoms with Crippen LogP contribution < -0.4 is 15.8 Å². The minimum atomic E-state index is 0.449. The van der Waals surface area contributed by atoms with Crippen molar-refractivity contribution >= 4 is 5.96 Å². The van der Waals surface area contributed by atoms with Crippen molar-refractivity contribution in [3.05, 3.63) is 59.4 Å². The van der Waals surface area contributed by atoms with Crippen LogP contribution in [0, 0.1) is 6.92 Å². The summed E-state index contributed by atoms with van der Waals surface area (Å²) in [4.78, 5) is 8.61. The second-order valence-electron chi connectivity index (χ2n) is 5.00. The largest absolute Gasteiger partial charge is 0.496 e. The molecular formula is C17H22N4O. The van der Waals surface area contributed by atoms with Crippen LogP contribution in [0.5, 0.6) is 5.75 Å². The normalized spacial score (nSPS) is 11.3. The van der Waals surface area contributed by atoms with E-state index in [0.717, 1.165) is 29.0 Å². The summed E-state index contributed by atoms with van der Waals surface area (Å²) in [5, 5.41) is 3.10. The van der Waals surface area contributed by atoms with Crippen molar-refractivity contribution in [1.82, 2.24) is 10.3 Å². The van der Waals surface area contributed by atoms with E-state index in [1.165, 1.54) is 0 Å². The number of methoxy groups -OCH3 is 1. The Morgan fingerprint density at radius 2 is 2.18 bits per heavy atom. The first-order valence-corrected chi connectivity index (χ1v) is 7.26. The minimum absolute atomic E-state index is 0.449. The SMILES string of the molecule is COc1ccc(CN=C(N)NCCc2ccccn2)cc1C. The number of hydrogen-bond acceptors (Lipinski definition) is 3. The van der Waals surface area contributed by atoms with Gasteiger partial charge >= 0.3 is 0 Å². The number of aromatic nitrogens is 1. The molecule has 5 nitrogen and oxygen atoms in total. The Kier molecular flexibility index (Phi) is 5.77. The molecule has 2 rings (SSSR count). The molecule has 0 fully saturated rings. The summed E-state index contributed by atoms with van der Waals surface area (Å²) in [7, 11) is 1.67. The van der Waals surface area contributed by atoms with Crippen LogP contribution in [0.1, 0.15) is 16.8 Å². The van der Waals surface area contributed by atoms with Gasteiger partial charge in [-0.15, -0.1) is 0 Å². The highest BCUT2D eigenvalue weighted by Gasteiger charge is 2.00. The lowest BCUT2D eigenvalue weighted by Crippen LogP contribution is -2.33. The average Bonchev–Trinajstić information content (AvgIpc) is 2.54. The van der Waals surface area contributed by atoms with Gasteiger partial charge in [-0.1, -0.05) is 18.2 Å². The van der Waals surface area contributed by atoms with Crippen molar-refractivity contribution in [2.45, 2.75) is 19.9 Å². The summed E-state index contributed by atoms with van der Waals surface area (Å²) < 4.78 is 5.24. The highest BCUT2D eigenvalue weighted by atomic mass is 16.5. The lowest BCUT2D eigenvalue weighted by atomic mass is 10.1. The van der Waals surface area contributed by atoms with Crippen molar-refractivity contribution in [2.75, 3.05) is 13.7 Å². The number of rotatable bonds is 6. The van der Waals surface area contributed by atoms with Crippen LogP contribution in [0.2, 0.25) is 0 Å². The van der Waals surface area contributed by atoms with Gasteiger partial charge in [0, 0.05) is 24.9 Å². The fourth-order valence-electron chi connectivity index (χ4n) is 2.14. The number of ether oxygens (including phenoxy) is 1. The smallest absolute Gasteiger partial charge is 0.188 e. The van der Waals surface area contributed by atoms with Crippen LogP contribution >= 0.6 is 0 Å². The number of benzene rings is 1. The molecule has 2 aromatic rings. The molecule has 1 heterocycles. The summed E-state index contributed by atoms with van der Waals surface area (Å²) in [5.41, 5.74) is 9.11. The molecule has 0 saturated heterocycles. The van der Waals surface area contributed by atoms with Crippen molar-refractivity contribution in [1.29, 1.82) is 0 Å². The molecule has 0 spiro atoms. The Hall–Kier alpha value is -2.56. The van der Waals surface area contributed by atoms with E-state index in [1.54, 1.807) is 13.3 Å². The van der Waals surface area contributed by atoms with Crippen LogP contribution in [-0.4, -0.2) is 24.6 Å². The van der Waals surface area contributed by atoms with E-state index in [1.807, 2.05) is 37.3 Å². The van der Waals surface area contributed by atoms with Crippen LogP contribution in [-0.2, 0) is 13.0 Å². The predicted molar refractivity (Wildman–Crippen MR) is 89.0 cm³/mol. The number of nitrogens with zero attached hydrogens (tertiary/aromatic N) is 2. The number of nitrogens with two attached hydrogens (primary N) is 1. The van der Waals surface area contributed by atoms with E-state index in [0.29, 0.717) is 19.0 Å². The van der Waals surface area contributed by atoms with E-state index < -0.39 is 0 Å². The molecule has 0 atom stereocenters. The molecule has 0 unspecified atom stereocenters. The summed E-state index contributed by atoms with van der Waals surface area (Å²) >= 11 is 0. The molecule has 0 aliphatic rings. The maximum atomic E-state index is 5.87. The van der Waals surface area contributed by atoms with Gasteiger partial charge in [-0.3, -0.25) is 4.98 Å². The van der Waals surface area contributed by atoms with Crippen molar-refractivity contribution in [3.8, 4) is 5.75 Å². The number of nitrogens with one attached hydrogen (secondary N) is 1. The maximum absolute atomic E-state index is 5.87. The zero-order valence-corrected chi connectivity index (χ0v) is 13.0. The molecule has 22 heavy (non-hydrogen) atoms. The lowest BCUT2D eigenvalue weighted by molar-refractivity contribution is 0.411. The molecular weight excluding hydrogens is 276 g/mol. The zero-order valence-electron chi connectivity index (χ0n) is 13.0. The summed E-state index contributed by atoms with van der Waals surface area (Å²) in [6, 6.07) is 11.9. The topological polar surface area (TPSA) is 72.5 Å². The van der Waals surface area contributed by atoms with Gasteiger partial charge in [0.05, 0.1) is 13.7 Å². The van der Waals surface area contributed by atoms with Crippen molar-refractivity contribution in [2.24, 2.45) is 10.7 Å². The summed E-state index contributed by atoms with van der Waals surface area (Å²) in [6.07, 6.45) is 2.61. The summed E-state index contributed by atoms with van der Waals surface area (Å²) in [6.45, 7) is 3.28. The van der Waals surface area contributed by atoms with Crippen LogP contribution in [0.4, 0.5) is 0 Å². The maximum Gasteiger partial charge on any atom is 0.188 e. The quantitative estimate of drug-likeness (QED) is 0.632. The molecule has 0 aliphatic heterocycles. The number of aliphatic imine (C=N–C) groups is 1. The first kappa shape index (κ1) is 15.8. The second kappa shape index (κ2) is 8.02. The molecule has 0 aliphatic carbocycles. The number of hydrogen-bond donors (Lipinski definition) is 2. The fraction of sp³-hybridized carbons (Fsp3) is 0.294. The Morgan fingerprint density at radius 1 is 1.32 bits per heavy atom.